The third-order valence-corrected chi connectivity index (χ3v) is 14.0. The molecule has 0 radical (unpaired) electrons. The summed E-state index contributed by atoms with van der Waals surface area (Å²) in [6.45, 7) is 0.409. The van der Waals surface area contributed by atoms with E-state index in [1.807, 2.05) is 0 Å². The molecule has 0 bridgehead atoms. The maximum absolute atomic E-state index is 13.0. The van der Waals surface area contributed by atoms with Crippen molar-refractivity contribution in [2.45, 2.75) is 219 Å². The van der Waals surface area contributed by atoms with Gasteiger partial charge in [0.15, 0.2) is 31.5 Å². The number of aliphatic hydroxyl groups is 15. The number of carbonyl (C=O) groups is 5. The molecule has 5 saturated heterocycles. The normalized spacial score (nSPS) is 41.6. The van der Waals surface area contributed by atoms with Gasteiger partial charge in [0.2, 0.25) is 29.5 Å². The number of hydrogen-bond acceptors (Lipinski definition) is 30. The lowest BCUT2D eigenvalue weighted by atomic mass is 9.93. The van der Waals surface area contributed by atoms with E-state index in [-0.39, 0.29) is 0 Å². The predicted octanol–water partition coefficient (Wildman–Crippen LogP) is -12.7. The average molecular weight is 1180 g/mol. The topological polar surface area (TPSA) is 541 Å². The Hall–Kier alpha value is -3.65. The minimum Gasteiger partial charge on any atom is -0.394 e. The summed E-state index contributed by atoms with van der Waals surface area (Å²) in [5.41, 5.74) is 0. The van der Waals surface area contributed by atoms with Gasteiger partial charge in [0.1, 0.15) is 134 Å². The summed E-state index contributed by atoms with van der Waals surface area (Å²) in [4.78, 5) is 62.7. The summed E-state index contributed by atoms with van der Waals surface area (Å²) >= 11 is 0. The van der Waals surface area contributed by atoms with Crippen LogP contribution in [0, 0.1) is 0 Å². The molecule has 35 nitrogen and oxygen atoms in total. The maximum atomic E-state index is 13.0. The summed E-state index contributed by atoms with van der Waals surface area (Å²) in [6.07, 6.45) is -44.3. The Morgan fingerprint density at radius 1 is 0.444 bits per heavy atom. The van der Waals surface area contributed by atoms with Crippen LogP contribution in [0.25, 0.3) is 0 Å². The summed E-state index contributed by atoms with van der Waals surface area (Å²) in [5, 5.41) is 175. The zero-order valence-corrected chi connectivity index (χ0v) is 44.8. The third kappa shape index (κ3) is 16.6. The van der Waals surface area contributed by atoms with E-state index in [9.17, 15) is 101 Å². The zero-order chi connectivity index (χ0) is 60.5. The Morgan fingerprint density at radius 2 is 0.864 bits per heavy atom. The quantitative estimate of drug-likeness (QED) is 0.0427. The fourth-order valence-corrected chi connectivity index (χ4v) is 9.98. The third-order valence-electron chi connectivity index (χ3n) is 14.0. The second kappa shape index (κ2) is 30.4. The van der Waals surface area contributed by atoms with Gasteiger partial charge < -0.3 is 151 Å². The molecule has 0 aromatic rings. The van der Waals surface area contributed by atoms with Gasteiger partial charge in [0.25, 0.3) is 0 Å². The summed E-state index contributed by atoms with van der Waals surface area (Å²) < 4.78 is 59.5. The Morgan fingerprint density at radius 3 is 1.32 bits per heavy atom. The first kappa shape index (κ1) is 68.1. The number of ether oxygens (including phenoxy) is 10. The number of nitrogens with one attached hydrogen (secondary N) is 5. The van der Waals surface area contributed by atoms with Gasteiger partial charge in [0, 0.05) is 34.6 Å². The molecule has 0 aromatic carbocycles. The highest BCUT2D eigenvalue weighted by molar-refractivity contribution is 5.75. The van der Waals surface area contributed by atoms with Crippen molar-refractivity contribution in [1.29, 1.82) is 0 Å². The molecule has 20 N–H and O–H groups in total. The standard InChI is InChI=1S/C46H79N5O30/c1-13-29(63)36(70)37(71)46(73-13)81-41-28(51-18(6)61)42(76-24(11-56)40(41)80-44-26(49-16(4)59)34(68)32(66)22(9-54)75-44)72-12-20(62)30(64)38(19(7-52)47-14(2)57)78-45-27(50-17(5)60)35(69)39(23(10-55)77-45)79-43-25(48-15(3)58)33(67)31(65)21(8-53)74-43/h13,19-46,52-56,62-71H,7-12H2,1-6H3,(H,47,57)(H,48,58)(H,49,59)(H,50,60)(H,51,61)/t13-,19-,20+,21+,22+,23+,24+,25+,26+,27+,28+,29+,30-,31-,32-,33+,34+,35+,36+,37-,38+,39+,40+,41+,42+,43-,44-,45-,46-/m0/s1. The Kier molecular flexibility index (Phi) is 25.6. The van der Waals surface area contributed by atoms with Gasteiger partial charge in [-0.3, -0.25) is 24.0 Å². The van der Waals surface area contributed by atoms with Crippen molar-refractivity contribution in [3.05, 3.63) is 0 Å². The highest BCUT2D eigenvalue weighted by atomic mass is 16.8. The SMILES string of the molecule is CC(=O)N[C@H]1[C@H](O[C@@H]([C@@H](O)[C@H](O)CO[C@@H]2O[C@H](CO)[C@@H](O[C@@H]3O[C@H](CO)[C@H](O)[C@H](O)[C@H]3NC(C)=O)[C@H](O[C@@H]3O[C@@H](C)[C@@H](O)[C@@H](O)[C@@H]3O)[C@H]2NC(C)=O)[C@H](CO)NC(C)=O)O[C@H](CO)[C@@H](O[C@@H]2O[C@H](CO)[C@H](O)[C@H](O)[C@H]2NC(C)=O)[C@@H]1O. The van der Waals surface area contributed by atoms with E-state index in [0.717, 1.165) is 34.6 Å². The molecule has 0 aliphatic carbocycles. The molecule has 0 aromatic heterocycles. The molecule has 5 aliphatic heterocycles. The van der Waals surface area contributed by atoms with Gasteiger partial charge in [-0.05, 0) is 6.92 Å². The van der Waals surface area contributed by atoms with E-state index in [0.29, 0.717) is 0 Å². The number of amides is 5. The van der Waals surface area contributed by atoms with Crippen LogP contribution in [0.4, 0.5) is 0 Å². The van der Waals surface area contributed by atoms with E-state index in [4.69, 9.17) is 47.4 Å². The summed E-state index contributed by atoms with van der Waals surface area (Å²) in [7, 11) is 0. The van der Waals surface area contributed by atoms with Gasteiger partial charge in [-0.15, -0.1) is 0 Å². The molecule has 29 atom stereocenters. The van der Waals surface area contributed by atoms with E-state index in [2.05, 4.69) is 26.6 Å². The number of rotatable bonds is 24. The Bertz CT molecular complexity index is 2040. The van der Waals surface area contributed by atoms with Gasteiger partial charge in [0.05, 0.1) is 51.8 Å². The van der Waals surface area contributed by atoms with Crippen LogP contribution in [0.15, 0.2) is 0 Å². The van der Waals surface area contributed by atoms with Crippen molar-refractivity contribution < 1.29 is 148 Å². The van der Waals surface area contributed by atoms with Crippen molar-refractivity contribution in [3.63, 3.8) is 0 Å². The van der Waals surface area contributed by atoms with Crippen LogP contribution in [-0.2, 0) is 71.3 Å². The molecule has 5 rings (SSSR count). The lowest BCUT2D eigenvalue weighted by molar-refractivity contribution is -0.367. The first-order chi connectivity index (χ1) is 38.1. The molecule has 5 heterocycles. The molecule has 468 valence electrons. The zero-order valence-electron chi connectivity index (χ0n) is 44.8. The van der Waals surface area contributed by atoms with Gasteiger partial charge >= 0.3 is 0 Å². The lowest BCUT2D eigenvalue weighted by Crippen LogP contribution is -2.71. The van der Waals surface area contributed by atoms with Crippen LogP contribution in [-0.4, -0.2) is 323 Å². The molecule has 0 unspecified atom stereocenters. The average Bonchev–Trinajstić information content (AvgIpc) is 3.55. The molecule has 5 aliphatic rings. The Labute approximate surface area is 462 Å². The summed E-state index contributed by atoms with van der Waals surface area (Å²) in [5.74, 6) is -4.07. The second-order valence-corrected chi connectivity index (χ2v) is 20.2. The molecular formula is C46H79N5O30. The largest absolute Gasteiger partial charge is 0.394 e. The minimum absolute atomic E-state index is 0.745. The molecular weight excluding hydrogens is 1100 g/mol. The molecule has 0 saturated carbocycles. The monoisotopic (exact) mass is 1180 g/mol. The van der Waals surface area contributed by atoms with Crippen LogP contribution >= 0.6 is 0 Å². The predicted molar refractivity (Wildman–Crippen MR) is 258 cm³/mol. The Balaban J connectivity index is 1.48. The fraction of sp³-hybridized carbons (Fsp3) is 0.891. The van der Waals surface area contributed by atoms with Crippen molar-refractivity contribution in [3.8, 4) is 0 Å². The van der Waals surface area contributed by atoms with Crippen molar-refractivity contribution in [2.24, 2.45) is 0 Å². The van der Waals surface area contributed by atoms with Crippen molar-refractivity contribution >= 4 is 29.5 Å². The van der Waals surface area contributed by atoms with E-state index in [1.54, 1.807) is 0 Å². The first-order valence-electron chi connectivity index (χ1n) is 25.8. The number of carbonyl (C=O) groups excluding carboxylic acids is 5. The molecule has 5 amide bonds. The van der Waals surface area contributed by atoms with Gasteiger partial charge in [-0.2, -0.15) is 0 Å². The number of aliphatic hydroxyl groups excluding tert-OH is 15. The molecule has 81 heavy (non-hydrogen) atoms. The minimum atomic E-state index is -2.35. The first-order valence-corrected chi connectivity index (χ1v) is 25.8. The number of hydrogen-bond donors (Lipinski definition) is 20. The highest BCUT2D eigenvalue weighted by Gasteiger charge is 2.57. The summed E-state index contributed by atoms with van der Waals surface area (Å²) in [6, 6.07) is -8.45. The second-order valence-electron chi connectivity index (χ2n) is 20.2. The van der Waals surface area contributed by atoms with Gasteiger partial charge in [-0.1, -0.05) is 0 Å². The van der Waals surface area contributed by atoms with Crippen molar-refractivity contribution in [2.75, 3.05) is 39.6 Å². The lowest BCUT2D eigenvalue weighted by Gasteiger charge is -2.50. The molecule has 0 spiro atoms. The highest BCUT2D eigenvalue weighted by Crippen LogP contribution is 2.36. The fourth-order valence-electron chi connectivity index (χ4n) is 9.98. The smallest absolute Gasteiger partial charge is 0.217 e. The van der Waals surface area contributed by atoms with Gasteiger partial charge in [-0.25, -0.2) is 0 Å². The molecule has 5 fully saturated rings. The van der Waals surface area contributed by atoms with E-state index < -0.39 is 247 Å². The molecule has 35 heteroatoms. The van der Waals surface area contributed by atoms with Crippen LogP contribution in [0.5, 0.6) is 0 Å². The van der Waals surface area contributed by atoms with E-state index >= 15 is 0 Å². The van der Waals surface area contributed by atoms with Crippen LogP contribution < -0.4 is 26.6 Å². The maximum Gasteiger partial charge on any atom is 0.217 e. The van der Waals surface area contributed by atoms with Crippen molar-refractivity contribution in [1.82, 2.24) is 26.6 Å². The van der Waals surface area contributed by atoms with Crippen LogP contribution in [0.1, 0.15) is 41.5 Å². The van der Waals surface area contributed by atoms with E-state index in [1.165, 1.54) is 6.92 Å². The van der Waals surface area contributed by atoms with Crippen LogP contribution in [0.3, 0.4) is 0 Å². The van der Waals surface area contributed by atoms with Crippen LogP contribution in [0.2, 0.25) is 0 Å².